The van der Waals surface area contributed by atoms with Crippen LogP contribution in [0.3, 0.4) is 0 Å². The van der Waals surface area contributed by atoms with Crippen molar-refractivity contribution in [3.63, 3.8) is 0 Å². The molecular formula is C17H15N5O5S. The maximum atomic E-state index is 12.3. The van der Waals surface area contributed by atoms with Gasteiger partial charge in [-0.2, -0.15) is 0 Å². The van der Waals surface area contributed by atoms with Crippen molar-refractivity contribution < 1.29 is 13.2 Å². The zero-order chi connectivity index (χ0) is 20.1. The number of aromatic amines is 2. The molecule has 10 nitrogen and oxygen atoms in total. The maximum Gasteiger partial charge on any atom is 0.325 e. The first kappa shape index (κ1) is 18.9. The molecule has 3 aromatic rings. The van der Waals surface area contributed by atoms with Crippen LogP contribution < -0.4 is 26.8 Å². The van der Waals surface area contributed by atoms with E-state index in [4.69, 9.17) is 0 Å². The lowest BCUT2D eigenvalue weighted by Gasteiger charge is -2.10. The SMILES string of the molecule is O=C(NNc1ccccc1)c1ccc(NS(=O)(=O)c2c[nH]c(=O)[nH]c2=O)cc1. The number of hydrazine groups is 1. The monoisotopic (exact) mass is 401 g/mol. The minimum absolute atomic E-state index is 0.137. The molecule has 0 bridgehead atoms. The molecule has 1 aromatic heterocycles. The number of carbonyl (C=O) groups is 1. The molecule has 28 heavy (non-hydrogen) atoms. The van der Waals surface area contributed by atoms with Crippen molar-refractivity contribution >= 4 is 27.3 Å². The van der Waals surface area contributed by atoms with E-state index in [1.54, 1.807) is 12.1 Å². The van der Waals surface area contributed by atoms with Gasteiger partial charge in [-0.05, 0) is 36.4 Å². The number of carbonyl (C=O) groups excluding carboxylic acids is 1. The number of anilines is 2. The van der Waals surface area contributed by atoms with E-state index in [-0.39, 0.29) is 11.3 Å². The second-order valence-electron chi connectivity index (χ2n) is 5.56. The first-order chi connectivity index (χ1) is 13.3. The standard InChI is InChI=1S/C17H15N5O5S/c23-15(21-20-12-4-2-1-3-5-12)11-6-8-13(9-7-11)22-28(26,27)14-10-18-17(25)19-16(14)24/h1-10,20,22H,(H,21,23)(H2,18,19,24,25). The van der Waals surface area contributed by atoms with Crippen molar-refractivity contribution in [2.24, 2.45) is 0 Å². The summed E-state index contributed by atoms with van der Waals surface area (Å²) in [5.41, 5.74) is 4.53. The Morgan fingerprint density at radius 1 is 0.893 bits per heavy atom. The lowest BCUT2D eigenvalue weighted by atomic mass is 10.2. The van der Waals surface area contributed by atoms with Crippen LogP contribution in [0.2, 0.25) is 0 Å². The largest absolute Gasteiger partial charge is 0.325 e. The highest BCUT2D eigenvalue weighted by molar-refractivity contribution is 7.92. The molecule has 1 amide bonds. The highest BCUT2D eigenvalue weighted by Crippen LogP contribution is 2.14. The lowest BCUT2D eigenvalue weighted by Crippen LogP contribution is -2.29. The third-order valence-electron chi connectivity index (χ3n) is 3.57. The van der Waals surface area contributed by atoms with Gasteiger partial charge in [0.25, 0.3) is 21.5 Å². The first-order valence-electron chi connectivity index (χ1n) is 7.91. The molecule has 0 spiro atoms. The number of sulfonamides is 1. The fourth-order valence-electron chi connectivity index (χ4n) is 2.22. The molecule has 3 rings (SSSR count). The van der Waals surface area contributed by atoms with Crippen LogP contribution in [0.15, 0.2) is 75.3 Å². The van der Waals surface area contributed by atoms with Gasteiger partial charge in [0, 0.05) is 17.4 Å². The number of hydrogen-bond acceptors (Lipinski definition) is 6. The van der Waals surface area contributed by atoms with E-state index >= 15 is 0 Å². The quantitative estimate of drug-likeness (QED) is 0.382. The molecule has 144 valence electrons. The van der Waals surface area contributed by atoms with Crippen molar-refractivity contribution in [2.45, 2.75) is 4.90 Å². The summed E-state index contributed by atoms with van der Waals surface area (Å²) in [6, 6.07) is 14.6. The van der Waals surface area contributed by atoms with Crippen LogP contribution in [0.1, 0.15) is 10.4 Å². The second kappa shape index (κ2) is 7.80. The van der Waals surface area contributed by atoms with E-state index in [1.807, 2.05) is 23.2 Å². The summed E-state index contributed by atoms with van der Waals surface area (Å²) in [6.07, 6.45) is 0.806. The minimum atomic E-state index is -4.22. The number of amides is 1. The third kappa shape index (κ3) is 4.45. The number of H-pyrrole nitrogens is 2. The minimum Gasteiger partial charge on any atom is -0.313 e. The lowest BCUT2D eigenvalue weighted by molar-refractivity contribution is 0.0962. The van der Waals surface area contributed by atoms with Crippen LogP contribution >= 0.6 is 0 Å². The number of hydrogen-bond donors (Lipinski definition) is 5. The molecule has 0 saturated carbocycles. The Hall–Kier alpha value is -3.86. The van der Waals surface area contributed by atoms with Crippen LogP contribution in [-0.2, 0) is 10.0 Å². The molecule has 0 saturated heterocycles. The molecule has 0 aliphatic rings. The van der Waals surface area contributed by atoms with Crippen LogP contribution in [0, 0.1) is 0 Å². The summed E-state index contributed by atoms with van der Waals surface area (Å²) in [6.45, 7) is 0. The summed E-state index contributed by atoms with van der Waals surface area (Å²) in [5, 5.41) is 0. The molecule has 0 unspecified atom stereocenters. The number of aromatic nitrogens is 2. The molecule has 0 aliphatic carbocycles. The average Bonchev–Trinajstić information content (AvgIpc) is 2.67. The molecule has 5 N–H and O–H groups in total. The Bertz CT molecular complexity index is 1200. The zero-order valence-electron chi connectivity index (χ0n) is 14.2. The van der Waals surface area contributed by atoms with Crippen molar-refractivity contribution in [1.82, 2.24) is 15.4 Å². The van der Waals surface area contributed by atoms with E-state index < -0.39 is 32.1 Å². The van der Waals surface area contributed by atoms with Crippen LogP contribution in [0.25, 0.3) is 0 Å². The van der Waals surface area contributed by atoms with Gasteiger partial charge in [0.15, 0.2) is 4.90 Å². The predicted octanol–water partition coefficient (Wildman–Crippen LogP) is 0.621. The number of rotatable bonds is 6. The van der Waals surface area contributed by atoms with E-state index in [0.29, 0.717) is 5.69 Å². The van der Waals surface area contributed by atoms with Crippen LogP contribution in [0.4, 0.5) is 11.4 Å². The summed E-state index contributed by atoms with van der Waals surface area (Å²) in [5.74, 6) is -0.421. The van der Waals surface area contributed by atoms with E-state index in [1.165, 1.54) is 24.3 Å². The van der Waals surface area contributed by atoms with Gasteiger partial charge in [-0.15, -0.1) is 0 Å². The Balaban J connectivity index is 1.69. The summed E-state index contributed by atoms with van der Waals surface area (Å²) in [7, 11) is -4.22. The Labute approximate surface area is 158 Å². The van der Waals surface area contributed by atoms with E-state index in [9.17, 15) is 22.8 Å². The Kier molecular flexibility index (Phi) is 5.27. The van der Waals surface area contributed by atoms with Gasteiger partial charge in [-0.3, -0.25) is 30.1 Å². The van der Waals surface area contributed by atoms with Crippen molar-refractivity contribution in [3.05, 3.63) is 87.2 Å². The number of nitrogens with one attached hydrogen (secondary N) is 5. The average molecular weight is 401 g/mol. The van der Waals surface area contributed by atoms with Gasteiger partial charge >= 0.3 is 5.69 Å². The second-order valence-corrected chi connectivity index (χ2v) is 7.21. The number of benzene rings is 2. The highest BCUT2D eigenvalue weighted by Gasteiger charge is 2.19. The van der Waals surface area contributed by atoms with Gasteiger partial charge in [0.05, 0.1) is 5.69 Å². The van der Waals surface area contributed by atoms with Gasteiger partial charge in [-0.1, -0.05) is 18.2 Å². The fourth-order valence-corrected chi connectivity index (χ4v) is 3.28. The van der Waals surface area contributed by atoms with Gasteiger partial charge in [0.1, 0.15) is 0 Å². The molecule has 0 radical (unpaired) electrons. The zero-order valence-corrected chi connectivity index (χ0v) is 15.0. The molecule has 11 heteroatoms. The van der Waals surface area contributed by atoms with E-state index in [0.717, 1.165) is 6.20 Å². The van der Waals surface area contributed by atoms with Gasteiger partial charge in [0.2, 0.25) is 0 Å². The maximum absolute atomic E-state index is 12.3. The van der Waals surface area contributed by atoms with E-state index in [2.05, 4.69) is 20.6 Å². The molecule has 2 aromatic carbocycles. The predicted molar refractivity (Wildman–Crippen MR) is 102 cm³/mol. The highest BCUT2D eigenvalue weighted by atomic mass is 32.2. The summed E-state index contributed by atoms with van der Waals surface area (Å²) < 4.78 is 26.7. The topological polar surface area (TPSA) is 153 Å². The van der Waals surface area contributed by atoms with Crippen LogP contribution in [-0.4, -0.2) is 24.3 Å². The molecule has 0 aliphatic heterocycles. The normalized spacial score (nSPS) is 10.9. The Morgan fingerprint density at radius 2 is 1.57 bits per heavy atom. The van der Waals surface area contributed by atoms with Crippen molar-refractivity contribution in [3.8, 4) is 0 Å². The molecule has 0 atom stereocenters. The van der Waals surface area contributed by atoms with Gasteiger partial charge in [-0.25, -0.2) is 13.2 Å². The first-order valence-corrected chi connectivity index (χ1v) is 9.40. The molecule has 0 fully saturated rings. The third-order valence-corrected chi connectivity index (χ3v) is 4.95. The van der Waals surface area contributed by atoms with Crippen LogP contribution in [0.5, 0.6) is 0 Å². The van der Waals surface area contributed by atoms with Crippen molar-refractivity contribution in [1.29, 1.82) is 0 Å². The fraction of sp³-hybridized carbons (Fsp3) is 0. The van der Waals surface area contributed by atoms with Crippen molar-refractivity contribution in [2.75, 3.05) is 10.1 Å². The molecule has 1 heterocycles. The molecular weight excluding hydrogens is 386 g/mol. The Morgan fingerprint density at radius 3 is 2.21 bits per heavy atom. The summed E-state index contributed by atoms with van der Waals surface area (Å²) >= 11 is 0. The number of para-hydroxylation sites is 1. The van der Waals surface area contributed by atoms with Gasteiger partial charge < -0.3 is 4.98 Å². The smallest absolute Gasteiger partial charge is 0.313 e. The summed E-state index contributed by atoms with van der Waals surface area (Å²) in [4.78, 5) is 38.1.